The Morgan fingerprint density at radius 3 is 2.68 bits per heavy atom. The minimum absolute atomic E-state index is 0.185. The zero-order chi connectivity index (χ0) is 13.7. The number of rotatable bonds is 3. The van der Waals surface area contributed by atoms with Gasteiger partial charge in [-0.25, -0.2) is 0 Å². The highest BCUT2D eigenvalue weighted by Crippen LogP contribution is 2.33. The van der Waals surface area contributed by atoms with Crippen molar-refractivity contribution in [2.24, 2.45) is 0 Å². The van der Waals surface area contributed by atoms with E-state index in [9.17, 15) is 0 Å². The van der Waals surface area contributed by atoms with E-state index in [1.807, 2.05) is 25.2 Å². The topological polar surface area (TPSA) is 12.0 Å². The quantitative estimate of drug-likeness (QED) is 0.723. The van der Waals surface area contributed by atoms with E-state index in [0.717, 1.165) is 22.0 Å². The molecule has 104 valence electrons. The summed E-state index contributed by atoms with van der Waals surface area (Å²) in [6, 6.07) is 5.88. The number of allylic oxidation sites excluding steroid dienone is 1. The summed E-state index contributed by atoms with van der Waals surface area (Å²) in [6.07, 6.45) is 9.95. The SMILES string of the molecule is CNC(/C1=C/CCCCCC1)c1cc(Cl)ccc1Cl. The van der Waals surface area contributed by atoms with E-state index in [0.29, 0.717) is 0 Å². The van der Waals surface area contributed by atoms with Gasteiger partial charge in [-0.05, 0) is 56.5 Å². The normalized spacial score (nSPS) is 21.1. The first-order valence-electron chi connectivity index (χ1n) is 7.03. The molecule has 19 heavy (non-hydrogen) atoms. The van der Waals surface area contributed by atoms with Gasteiger partial charge >= 0.3 is 0 Å². The van der Waals surface area contributed by atoms with Crippen LogP contribution in [0.2, 0.25) is 10.0 Å². The van der Waals surface area contributed by atoms with E-state index in [1.165, 1.54) is 37.7 Å². The summed E-state index contributed by atoms with van der Waals surface area (Å²) < 4.78 is 0. The summed E-state index contributed by atoms with van der Waals surface area (Å²) in [5, 5.41) is 4.92. The maximum Gasteiger partial charge on any atom is 0.0548 e. The summed E-state index contributed by atoms with van der Waals surface area (Å²) in [6.45, 7) is 0. The van der Waals surface area contributed by atoms with Gasteiger partial charge in [0.1, 0.15) is 0 Å². The van der Waals surface area contributed by atoms with Crippen LogP contribution in [0.15, 0.2) is 29.8 Å². The van der Waals surface area contributed by atoms with Crippen LogP contribution < -0.4 is 5.32 Å². The van der Waals surface area contributed by atoms with Crippen molar-refractivity contribution in [2.75, 3.05) is 7.05 Å². The zero-order valence-corrected chi connectivity index (χ0v) is 12.9. The van der Waals surface area contributed by atoms with Crippen molar-refractivity contribution in [3.05, 3.63) is 45.5 Å². The first kappa shape index (κ1) is 14.9. The van der Waals surface area contributed by atoms with E-state index < -0.39 is 0 Å². The second-order valence-corrected chi connectivity index (χ2v) is 5.96. The van der Waals surface area contributed by atoms with Gasteiger partial charge in [-0.15, -0.1) is 0 Å². The highest BCUT2D eigenvalue weighted by Gasteiger charge is 2.18. The molecule has 0 aromatic heterocycles. The number of halogens is 2. The summed E-state index contributed by atoms with van der Waals surface area (Å²) >= 11 is 12.4. The van der Waals surface area contributed by atoms with Crippen LogP contribution in [0.3, 0.4) is 0 Å². The van der Waals surface area contributed by atoms with Gasteiger partial charge in [-0.2, -0.15) is 0 Å². The Labute approximate surface area is 126 Å². The molecular weight excluding hydrogens is 277 g/mol. The van der Waals surface area contributed by atoms with Gasteiger partial charge in [0.2, 0.25) is 0 Å². The van der Waals surface area contributed by atoms with Crippen LogP contribution in [0.25, 0.3) is 0 Å². The highest BCUT2D eigenvalue weighted by atomic mass is 35.5. The molecule has 1 N–H and O–H groups in total. The molecule has 3 heteroatoms. The maximum atomic E-state index is 6.34. The molecule has 0 heterocycles. The van der Waals surface area contributed by atoms with Crippen molar-refractivity contribution in [1.29, 1.82) is 0 Å². The average molecular weight is 298 g/mol. The third-order valence-electron chi connectivity index (χ3n) is 3.75. The first-order chi connectivity index (χ1) is 9.22. The molecule has 0 radical (unpaired) electrons. The minimum atomic E-state index is 0.185. The van der Waals surface area contributed by atoms with Gasteiger partial charge in [0.25, 0.3) is 0 Å². The van der Waals surface area contributed by atoms with Gasteiger partial charge in [0.15, 0.2) is 0 Å². The molecule has 0 saturated carbocycles. The average Bonchev–Trinajstić information content (AvgIpc) is 2.36. The Morgan fingerprint density at radius 2 is 1.89 bits per heavy atom. The number of hydrogen-bond donors (Lipinski definition) is 1. The smallest absolute Gasteiger partial charge is 0.0548 e. The van der Waals surface area contributed by atoms with Gasteiger partial charge in [0.05, 0.1) is 6.04 Å². The molecule has 1 aromatic carbocycles. The van der Waals surface area contributed by atoms with E-state index in [1.54, 1.807) is 0 Å². The van der Waals surface area contributed by atoms with Gasteiger partial charge < -0.3 is 5.32 Å². The Bertz CT molecular complexity index is 454. The molecule has 0 saturated heterocycles. The fourth-order valence-corrected chi connectivity index (χ4v) is 3.16. The lowest BCUT2D eigenvalue weighted by Gasteiger charge is -2.23. The molecule has 2 rings (SSSR count). The van der Waals surface area contributed by atoms with Crippen molar-refractivity contribution in [3.63, 3.8) is 0 Å². The molecule has 0 aliphatic heterocycles. The van der Waals surface area contributed by atoms with E-state index >= 15 is 0 Å². The van der Waals surface area contributed by atoms with Crippen LogP contribution in [0.4, 0.5) is 0 Å². The number of likely N-dealkylation sites (N-methyl/N-ethyl adjacent to an activating group) is 1. The second kappa shape index (κ2) is 7.33. The van der Waals surface area contributed by atoms with Gasteiger partial charge in [-0.3, -0.25) is 0 Å². The Kier molecular flexibility index (Phi) is 5.75. The third-order valence-corrected chi connectivity index (χ3v) is 4.33. The van der Waals surface area contributed by atoms with Crippen LogP contribution in [0, 0.1) is 0 Å². The lowest BCUT2D eigenvalue weighted by Crippen LogP contribution is -2.19. The van der Waals surface area contributed by atoms with Crippen molar-refractivity contribution in [1.82, 2.24) is 5.32 Å². The molecule has 1 aromatic rings. The summed E-state index contributed by atoms with van der Waals surface area (Å²) in [7, 11) is 1.99. The Hall–Kier alpha value is -0.500. The second-order valence-electron chi connectivity index (χ2n) is 5.12. The fourth-order valence-electron chi connectivity index (χ4n) is 2.76. The van der Waals surface area contributed by atoms with E-state index in [4.69, 9.17) is 23.2 Å². The summed E-state index contributed by atoms with van der Waals surface area (Å²) in [4.78, 5) is 0. The van der Waals surface area contributed by atoms with Gasteiger partial charge in [-0.1, -0.05) is 47.7 Å². The fraction of sp³-hybridized carbons (Fsp3) is 0.500. The molecular formula is C16H21Cl2N. The first-order valence-corrected chi connectivity index (χ1v) is 7.79. The zero-order valence-electron chi connectivity index (χ0n) is 11.4. The third kappa shape index (κ3) is 3.98. The van der Waals surface area contributed by atoms with Crippen LogP contribution in [0.1, 0.15) is 50.1 Å². The predicted molar refractivity (Wildman–Crippen MR) is 84.0 cm³/mol. The van der Waals surface area contributed by atoms with Crippen molar-refractivity contribution >= 4 is 23.2 Å². The van der Waals surface area contributed by atoms with Crippen molar-refractivity contribution in [3.8, 4) is 0 Å². The van der Waals surface area contributed by atoms with E-state index in [-0.39, 0.29) is 6.04 Å². The largest absolute Gasteiger partial charge is 0.310 e. The molecule has 1 aliphatic carbocycles. The van der Waals surface area contributed by atoms with Gasteiger partial charge in [0, 0.05) is 10.0 Å². The highest BCUT2D eigenvalue weighted by molar-refractivity contribution is 6.33. The summed E-state index contributed by atoms with van der Waals surface area (Å²) in [5.74, 6) is 0. The molecule has 1 aliphatic rings. The number of nitrogens with one attached hydrogen (secondary N) is 1. The molecule has 0 fully saturated rings. The lowest BCUT2D eigenvalue weighted by atomic mass is 9.91. The molecule has 0 spiro atoms. The van der Waals surface area contributed by atoms with Crippen LogP contribution in [-0.4, -0.2) is 7.05 Å². The molecule has 1 unspecified atom stereocenters. The number of hydrogen-bond acceptors (Lipinski definition) is 1. The van der Waals surface area contributed by atoms with Crippen LogP contribution in [-0.2, 0) is 0 Å². The minimum Gasteiger partial charge on any atom is -0.310 e. The monoisotopic (exact) mass is 297 g/mol. The van der Waals surface area contributed by atoms with E-state index in [2.05, 4.69) is 11.4 Å². The predicted octanol–water partition coefficient (Wildman–Crippen LogP) is 5.53. The van der Waals surface area contributed by atoms with Crippen LogP contribution in [0.5, 0.6) is 0 Å². The maximum absolute atomic E-state index is 6.34. The molecule has 0 amide bonds. The van der Waals surface area contributed by atoms with Crippen molar-refractivity contribution < 1.29 is 0 Å². The summed E-state index contributed by atoms with van der Waals surface area (Å²) in [5.41, 5.74) is 2.54. The van der Waals surface area contributed by atoms with Crippen molar-refractivity contribution in [2.45, 2.75) is 44.6 Å². The number of benzene rings is 1. The Morgan fingerprint density at radius 1 is 1.11 bits per heavy atom. The standard InChI is InChI=1S/C16H21Cl2N/c1-19-16(12-7-5-3-2-4-6-8-12)14-11-13(17)9-10-15(14)18/h7,9-11,16,19H,2-6,8H2,1H3/b12-7+. The van der Waals surface area contributed by atoms with Crippen LogP contribution >= 0.6 is 23.2 Å². The Balaban J connectivity index is 2.29. The lowest BCUT2D eigenvalue weighted by molar-refractivity contribution is 0.574. The molecule has 1 nitrogen and oxygen atoms in total. The molecule has 1 atom stereocenters. The molecule has 0 bridgehead atoms.